The Morgan fingerprint density at radius 3 is 1.88 bits per heavy atom. The first-order valence-electron chi connectivity index (χ1n) is 17.6. The number of nitrogens with one attached hydrogen (secondary N) is 2. The number of rotatable bonds is 13. The fraction of sp³-hybridized carbons (Fsp3) is 0.381. The maximum Gasteiger partial charge on any atom is 0.410 e. The number of phenolic OH excluding ortho intramolecular Hbond substituents is 1. The third-order valence-electron chi connectivity index (χ3n) is 9.40. The van der Waals surface area contributed by atoms with Crippen molar-refractivity contribution in [3.8, 4) is 5.75 Å². The molecule has 0 aliphatic carbocycles. The van der Waals surface area contributed by atoms with E-state index in [-0.39, 0.29) is 41.5 Å². The molecule has 4 aromatic carbocycles. The number of hydrogen-bond donors (Lipinski definition) is 3. The first-order valence-corrected chi connectivity index (χ1v) is 18.5. The van der Waals surface area contributed by atoms with E-state index in [4.69, 9.17) is 4.74 Å². The van der Waals surface area contributed by atoms with Crippen molar-refractivity contribution in [3.05, 3.63) is 138 Å². The van der Waals surface area contributed by atoms with Crippen LogP contribution in [-0.2, 0) is 20.8 Å². The second-order valence-electron chi connectivity index (χ2n) is 14.2. The van der Waals surface area contributed by atoms with Crippen LogP contribution in [0.25, 0.3) is 0 Å². The van der Waals surface area contributed by atoms with Crippen molar-refractivity contribution in [2.75, 3.05) is 13.1 Å². The molecule has 0 spiro atoms. The van der Waals surface area contributed by atoms with Gasteiger partial charge >= 0.3 is 6.09 Å². The fourth-order valence-corrected chi connectivity index (χ4v) is 8.54. The quantitative estimate of drug-likeness (QED) is 0.123. The van der Waals surface area contributed by atoms with Crippen molar-refractivity contribution >= 4 is 23.8 Å². The molecule has 5 rings (SSSR count). The number of amides is 2. The van der Waals surface area contributed by atoms with Gasteiger partial charge in [0.1, 0.15) is 11.4 Å². The largest absolute Gasteiger partial charge is 0.508 e. The summed E-state index contributed by atoms with van der Waals surface area (Å²) in [5, 5.41) is 16.9. The SMILES string of the molecule is CCC(C)[C@H](NCC1CC(SC(c2ccccc2)(c2ccccc2)c2ccccc2)CN1C(=O)OC(C)(C)C)C(=O)NCc1ccccc1O. The number of aromatic hydroxyl groups is 1. The molecule has 4 atom stereocenters. The highest BCUT2D eigenvalue weighted by Crippen LogP contribution is 2.52. The first kappa shape index (κ1) is 37.0. The van der Waals surface area contributed by atoms with Gasteiger partial charge in [0, 0.05) is 36.5 Å². The Kier molecular flexibility index (Phi) is 12.3. The van der Waals surface area contributed by atoms with Gasteiger partial charge in [0.15, 0.2) is 0 Å². The molecule has 50 heavy (non-hydrogen) atoms. The van der Waals surface area contributed by atoms with E-state index in [1.807, 2.05) is 61.7 Å². The molecule has 1 aliphatic rings. The van der Waals surface area contributed by atoms with Gasteiger partial charge in [-0.1, -0.05) is 129 Å². The van der Waals surface area contributed by atoms with E-state index in [1.54, 1.807) is 18.2 Å². The van der Waals surface area contributed by atoms with Crippen LogP contribution in [0.1, 0.15) is 69.7 Å². The topological polar surface area (TPSA) is 90.9 Å². The minimum absolute atomic E-state index is 0.0443. The van der Waals surface area contributed by atoms with E-state index >= 15 is 0 Å². The Bertz CT molecular complexity index is 1580. The number of hydrogen-bond acceptors (Lipinski definition) is 6. The zero-order valence-electron chi connectivity index (χ0n) is 29.8. The molecule has 1 saturated heterocycles. The molecule has 7 nitrogen and oxygen atoms in total. The molecule has 8 heteroatoms. The first-order chi connectivity index (χ1) is 24.0. The van der Waals surface area contributed by atoms with Gasteiger partial charge in [0.05, 0.1) is 10.8 Å². The predicted molar refractivity (Wildman–Crippen MR) is 203 cm³/mol. The number of thioether (sulfide) groups is 1. The van der Waals surface area contributed by atoms with Crippen LogP contribution in [-0.4, -0.2) is 58.0 Å². The smallest absolute Gasteiger partial charge is 0.410 e. The van der Waals surface area contributed by atoms with Crippen LogP contribution in [0, 0.1) is 5.92 Å². The third kappa shape index (κ3) is 8.90. The third-order valence-corrected chi connectivity index (χ3v) is 11.1. The van der Waals surface area contributed by atoms with Crippen molar-refractivity contribution in [3.63, 3.8) is 0 Å². The number of benzene rings is 4. The summed E-state index contributed by atoms with van der Waals surface area (Å²) in [6.45, 7) is 11.0. The van der Waals surface area contributed by atoms with Crippen molar-refractivity contribution in [1.82, 2.24) is 15.5 Å². The van der Waals surface area contributed by atoms with Crippen molar-refractivity contribution in [2.24, 2.45) is 5.92 Å². The van der Waals surface area contributed by atoms with E-state index in [0.29, 0.717) is 18.7 Å². The summed E-state index contributed by atoms with van der Waals surface area (Å²) in [6, 6.07) is 38.2. The second kappa shape index (κ2) is 16.6. The predicted octanol–water partition coefficient (Wildman–Crippen LogP) is 8.12. The molecule has 1 fully saturated rings. The lowest BCUT2D eigenvalue weighted by Crippen LogP contribution is -2.52. The molecule has 1 heterocycles. The molecule has 0 aromatic heterocycles. The average Bonchev–Trinajstić information content (AvgIpc) is 3.53. The van der Waals surface area contributed by atoms with E-state index in [2.05, 4.69) is 97.3 Å². The van der Waals surface area contributed by atoms with Crippen molar-refractivity contribution in [1.29, 1.82) is 0 Å². The molecule has 4 aromatic rings. The Morgan fingerprint density at radius 2 is 1.38 bits per heavy atom. The Labute approximate surface area is 301 Å². The minimum Gasteiger partial charge on any atom is -0.508 e. The highest BCUT2D eigenvalue weighted by molar-refractivity contribution is 8.01. The van der Waals surface area contributed by atoms with Crippen molar-refractivity contribution in [2.45, 2.75) is 81.7 Å². The van der Waals surface area contributed by atoms with E-state index in [9.17, 15) is 14.7 Å². The minimum atomic E-state index is -0.649. The summed E-state index contributed by atoms with van der Waals surface area (Å²) >= 11 is 1.88. The van der Waals surface area contributed by atoms with Gasteiger partial charge < -0.3 is 25.4 Å². The Morgan fingerprint density at radius 1 is 0.860 bits per heavy atom. The highest BCUT2D eigenvalue weighted by Gasteiger charge is 2.45. The summed E-state index contributed by atoms with van der Waals surface area (Å²) < 4.78 is 5.42. The van der Waals surface area contributed by atoms with Gasteiger partial charge in [-0.25, -0.2) is 4.79 Å². The maximum absolute atomic E-state index is 13.8. The van der Waals surface area contributed by atoms with Crippen LogP contribution in [0.4, 0.5) is 4.79 Å². The lowest BCUT2D eigenvalue weighted by Gasteiger charge is -2.37. The van der Waals surface area contributed by atoms with E-state index in [1.165, 1.54) is 16.7 Å². The lowest BCUT2D eigenvalue weighted by atomic mass is 9.84. The van der Waals surface area contributed by atoms with Crippen LogP contribution in [0.3, 0.4) is 0 Å². The molecule has 1 aliphatic heterocycles. The van der Waals surface area contributed by atoms with Gasteiger partial charge in [-0.15, -0.1) is 11.8 Å². The molecule has 0 radical (unpaired) electrons. The molecule has 0 bridgehead atoms. The molecule has 2 amide bonds. The summed E-state index contributed by atoms with van der Waals surface area (Å²) in [4.78, 5) is 29.3. The number of carbonyl (C=O) groups excluding carboxylic acids is 2. The normalized spacial score (nSPS) is 17.6. The van der Waals surface area contributed by atoms with Crippen LogP contribution >= 0.6 is 11.8 Å². The number of phenols is 1. The van der Waals surface area contributed by atoms with Crippen LogP contribution in [0.5, 0.6) is 5.75 Å². The van der Waals surface area contributed by atoms with E-state index in [0.717, 1.165) is 12.8 Å². The van der Waals surface area contributed by atoms with Crippen LogP contribution in [0.2, 0.25) is 0 Å². The van der Waals surface area contributed by atoms with Gasteiger partial charge in [-0.05, 0) is 55.9 Å². The summed E-state index contributed by atoms with van der Waals surface area (Å²) in [5.74, 6) is 0.0651. The standard InChI is InChI=1S/C42H51N3O4S/c1-6-30(2)38(39(47)44-27-31-18-16-17-25-37(31)46)43-28-35-26-36(29-45(35)40(48)49-41(3,4)5)50-42(32-19-10-7-11-20-32,33-21-12-8-13-22-33)34-23-14-9-15-24-34/h7-25,30,35-36,38,43,46H,6,26-29H2,1-5H3,(H,44,47)/t30?,35?,36?,38-/m0/s1. The number of nitrogens with zero attached hydrogens (tertiary/aromatic N) is 1. The van der Waals surface area contributed by atoms with Crippen LogP contribution < -0.4 is 10.6 Å². The summed E-state index contributed by atoms with van der Waals surface area (Å²) in [6.07, 6.45) is 1.17. The molecule has 3 unspecified atom stereocenters. The maximum atomic E-state index is 13.8. The molecular formula is C42H51N3O4S. The number of likely N-dealkylation sites (tertiary alicyclic amines) is 1. The molecule has 3 N–H and O–H groups in total. The monoisotopic (exact) mass is 693 g/mol. The zero-order chi connectivity index (χ0) is 35.7. The zero-order valence-corrected chi connectivity index (χ0v) is 30.7. The molecule has 264 valence electrons. The highest BCUT2D eigenvalue weighted by atomic mass is 32.2. The average molecular weight is 694 g/mol. The Hall–Kier alpha value is -4.27. The Balaban J connectivity index is 1.44. The number of ether oxygens (including phenoxy) is 1. The van der Waals surface area contributed by atoms with Gasteiger partial charge in [0.2, 0.25) is 5.91 Å². The summed E-state index contributed by atoms with van der Waals surface area (Å²) in [7, 11) is 0. The van der Waals surface area contributed by atoms with Gasteiger partial charge in [-0.2, -0.15) is 0 Å². The summed E-state index contributed by atoms with van der Waals surface area (Å²) in [5.41, 5.74) is 3.53. The van der Waals surface area contributed by atoms with E-state index < -0.39 is 16.4 Å². The van der Waals surface area contributed by atoms with Gasteiger partial charge in [-0.3, -0.25) is 4.79 Å². The fourth-order valence-electron chi connectivity index (χ4n) is 6.67. The van der Waals surface area contributed by atoms with Crippen molar-refractivity contribution < 1.29 is 19.4 Å². The molecular weight excluding hydrogens is 643 g/mol. The lowest BCUT2D eigenvalue weighted by molar-refractivity contribution is -0.124. The number of carbonyl (C=O) groups is 2. The van der Waals surface area contributed by atoms with Gasteiger partial charge in [0.25, 0.3) is 0 Å². The second-order valence-corrected chi connectivity index (χ2v) is 15.7. The van der Waals surface area contributed by atoms with Crippen LogP contribution in [0.15, 0.2) is 115 Å². The molecule has 0 saturated carbocycles. The number of para-hydroxylation sites is 1.